The van der Waals surface area contributed by atoms with Crippen molar-refractivity contribution < 1.29 is 19.0 Å². The Balaban J connectivity index is 1.84. The van der Waals surface area contributed by atoms with Gasteiger partial charge in [-0.05, 0) is 37.8 Å². The first-order valence-electron chi connectivity index (χ1n) is 6.56. The summed E-state index contributed by atoms with van der Waals surface area (Å²) in [4.78, 5) is 11.8. The highest BCUT2D eigenvalue weighted by molar-refractivity contribution is 5.97. The fraction of sp³-hybridized carbons (Fsp3) is 0.500. The van der Waals surface area contributed by atoms with E-state index in [1.165, 1.54) is 12.1 Å². The van der Waals surface area contributed by atoms with Crippen molar-refractivity contribution in [3.05, 3.63) is 29.6 Å². The number of hydrogen-bond acceptors (Lipinski definition) is 3. The third-order valence-electron chi connectivity index (χ3n) is 3.24. The van der Waals surface area contributed by atoms with Crippen molar-refractivity contribution in [2.45, 2.75) is 31.8 Å². The third kappa shape index (κ3) is 3.67. The first-order chi connectivity index (χ1) is 9.18. The summed E-state index contributed by atoms with van der Waals surface area (Å²) in [7, 11) is 0. The zero-order chi connectivity index (χ0) is 13.7. The highest BCUT2D eigenvalue weighted by atomic mass is 19.1. The number of phenols is 1. The maximum absolute atomic E-state index is 13.4. The van der Waals surface area contributed by atoms with Crippen LogP contribution in [0.2, 0.25) is 0 Å². The second-order valence-electron chi connectivity index (χ2n) is 4.67. The number of rotatable bonds is 4. The molecule has 1 aromatic rings. The number of aromatic hydroxyl groups is 1. The Morgan fingerprint density at radius 3 is 3.00 bits per heavy atom. The topological polar surface area (TPSA) is 58.6 Å². The number of phenolic OH excluding ortho intramolecular Hbond substituents is 1. The van der Waals surface area contributed by atoms with Crippen LogP contribution in [0.4, 0.5) is 4.39 Å². The number of carbonyl (C=O) groups is 1. The van der Waals surface area contributed by atoms with Gasteiger partial charge in [0.05, 0.1) is 6.10 Å². The summed E-state index contributed by atoms with van der Waals surface area (Å²) in [5.74, 6) is -1.65. The summed E-state index contributed by atoms with van der Waals surface area (Å²) in [5, 5.41) is 12.1. The van der Waals surface area contributed by atoms with Crippen LogP contribution < -0.4 is 5.32 Å². The van der Waals surface area contributed by atoms with E-state index in [1.54, 1.807) is 0 Å². The third-order valence-corrected chi connectivity index (χ3v) is 3.24. The van der Waals surface area contributed by atoms with Gasteiger partial charge in [-0.25, -0.2) is 4.39 Å². The normalized spacial score (nSPS) is 19.1. The highest BCUT2D eigenvalue weighted by Gasteiger charge is 2.17. The van der Waals surface area contributed by atoms with E-state index in [0.29, 0.717) is 13.0 Å². The molecule has 1 aliphatic rings. The van der Waals surface area contributed by atoms with Gasteiger partial charge >= 0.3 is 0 Å². The van der Waals surface area contributed by atoms with Gasteiger partial charge in [0.2, 0.25) is 0 Å². The van der Waals surface area contributed by atoms with Gasteiger partial charge in [-0.3, -0.25) is 4.79 Å². The lowest BCUT2D eigenvalue weighted by atomic mass is 10.1. The van der Waals surface area contributed by atoms with Crippen LogP contribution in [0, 0.1) is 5.82 Å². The van der Waals surface area contributed by atoms with Crippen LogP contribution >= 0.6 is 0 Å². The molecule has 1 atom stereocenters. The van der Waals surface area contributed by atoms with Gasteiger partial charge in [-0.2, -0.15) is 0 Å². The summed E-state index contributed by atoms with van der Waals surface area (Å²) < 4.78 is 19.0. The van der Waals surface area contributed by atoms with Crippen LogP contribution in [0.25, 0.3) is 0 Å². The molecule has 1 saturated heterocycles. The van der Waals surface area contributed by atoms with E-state index in [1.807, 2.05) is 0 Å². The SMILES string of the molecule is O=C(NCCC1CCCCO1)c1c(O)cccc1F. The fourth-order valence-electron chi connectivity index (χ4n) is 2.21. The van der Waals surface area contributed by atoms with Gasteiger partial charge in [-0.15, -0.1) is 0 Å². The van der Waals surface area contributed by atoms with E-state index in [2.05, 4.69) is 5.32 Å². The Morgan fingerprint density at radius 1 is 1.47 bits per heavy atom. The molecule has 1 fully saturated rings. The van der Waals surface area contributed by atoms with Crippen molar-refractivity contribution in [2.75, 3.05) is 13.2 Å². The molecule has 1 unspecified atom stereocenters. The lowest BCUT2D eigenvalue weighted by Gasteiger charge is -2.22. The zero-order valence-electron chi connectivity index (χ0n) is 10.7. The minimum absolute atomic E-state index is 0.170. The van der Waals surface area contributed by atoms with Crippen molar-refractivity contribution in [1.82, 2.24) is 5.32 Å². The number of benzene rings is 1. The number of carbonyl (C=O) groups excluding carboxylic acids is 1. The Labute approximate surface area is 111 Å². The molecule has 0 saturated carbocycles. The van der Waals surface area contributed by atoms with Crippen LogP contribution in [-0.2, 0) is 4.74 Å². The second-order valence-corrected chi connectivity index (χ2v) is 4.67. The lowest BCUT2D eigenvalue weighted by Crippen LogP contribution is -2.30. The predicted octanol–water partition coefficient (Wildman–Crippen LogP) is 2.22. The molecule has 1 heterocycles. The molecular formula is C14H18FNO3. The number of nitrogens with one attached hydrogen (secondary N) is 1. The Hall–Kier alpha value is -1.62. The van der Waals surface area contributed by atoms with Crippen LogP contribution in [0.5, 0.6) is 5.75 Å². The number of hydrogen-bond donors (Lipinski definition) is 2. The molecule has 19 heavy (non-hydrogen) atoms. The first-order valence-corrected chi connectivity index (χ1v) is 6.56. The number of halogens is 1. The smallest absolute Gasteiger partial charge is 0.258 e. The average Bonchev–Trinajstić information content (AvgIpc) is 2.40. The Bertz CT molecular complexity index is 424. The van der Waals surface area contributed by atoms with Crippen molar-refractivity contribution in [1.29, 1.82) is 0 Å². The van der Waals surface area contributed by atoms with Crippen molar-refractivity contribution >= 4 is 5.91 Å². The fourth-order valence-corrected chi connectivity index (χ4v) is 2.21. The van der Waals surface area contributed by atoms with E-state index in [9.17, 15) is 14.3 Å². The lowest BCUT2D eigenvalue weighted by molar-refractivity contribution is 0.0117. The summed E-state index contributed by atoms with van der Waals surface area (Å²) in [6.45, 7) is 1.18. The Morgan fingerprint density at radius 2 is 2.32 bits per heavy atom. The molecule has 0 radical (unpaired) electrons. The predicted molar refractivity (Wildman–Crippen MR) is 68.6 cm³/mol. The molecule has 1 aromatic carbocycles. The van der Waals surface area contributed by atoms with Crippen LogP contribution in [-0.4, -0.2) is 30.3 Å². The standard InChI is InChI=1S/C14H18FNO3/c15-11-5-3-6-12(17)13(11)14(18)16-8-7-10-4-1-2-9-19-10/h3,5-6,10,17H,1-2,4,7-9H2,(H,16,18). The van der Waals surface area contributed by atoms with E-state index < -0.39 is 11.7 Å². The molecule has 1 aliphatic heterocycles. The molecule has 5 heteroatoms. The second kappa shape index (κ2) is 6.52. The van der Waals surface area contributed by atoms with Crippen molar-refractivity contribution in [3.63, 3.8) is 0 Å². The molecule has 2 N–H and O–H groups in total. The van der Waals surface area contributed by atoms with Crippen molar-refractivity contribution in [3.8, 4) is 5.75 Å². The van der Waals surface area contributed by atoms with E-state index in [-0.39, 0.29) is 17.4 Å². The van der Waals surface area contributed by atoms with Gasteiger partial charge in [0.1, 0.15) is 17.1 Å². The minimum Gasteiger partial charge on any atom is -0.507 e. The summed E-state index contributed by atoms with van der Waals surface area (Å²) in [5.41, 5.74) is -0.299. The minimum atomic E-state index is -0.716. The van der Waals surface area contributed by atoms with Gasteiger partial charge in [-0.1, -0.05) is 6.07 Å². The van der Waals surface area contributed by atoms with Crippen molar-refractivity contribution in [2.24, 2.45) is 0 Å². The largest absolute Gasteiger partial charge is 0.507 e. The molecule has 0 aromatic heterocycles. The van der Waals surface area contributed by atoms with Gasteiger partial charge in [0.25, 0.3) is 5.91 Å². The zero-order valence-corrected chi connectivity index (χ0v) is 10.7. The molecule has 0 bridgehead atoms. The molecular weight excluding hydrogens is 249 g/mol. The van der Waals surface area contributed by atoms with Crippen LogP contribution in [0.3, 0.4) is 0 Å². The molecule has 4 nitrogen and oxygen atoms in total. The molecule has 2 rings (SSSR count). The van der Waals surface area contributed by atoms with Gasteiger partial charge < -0.3 is 15.2 Å². The van der Waals surface area contributed by atoms with Crippen LogP contribution in [0.15, 0.2) is 18.2 Å². The highest BCUT2D eigenvalue weighted by Crippen LogP contribution is 2.19. The van der Waals surface area contributed by atoms with E-state index in [4.69, 9.17) is 4.74 Å². The number of ether oxygens (including phenoxy) is 1. The molecule has 0 aliphatic carbocycles. The molecule has 0 spiro atoms. The quantitative estimate of drug-likeness (QED) is 0.879. The first kappa shape index (κ1) is 13.8. The van der Waals surface area contributed by atoms with Crippen LogP contribution in [0.1, 0.15) is 36.0 Å². The maximum Gasteiger partial charge on any atom is 0.258 e. The van der Waals surface area contributed by atoms with E-state index in [0.717, 1.165) is 31.9 Å². The average molecular weight is 267 g/mol. The summed E-state index contributed by atoms with van der Waals surface area (Å²) in [6.07, 6.45) is 4.11. The number of amides is 1. The summed E-state index contributed by atoms with van der Waals surface area (Å²) >= 11 is 0. The monoisotopic (exact) mass is 267 g/mol. The van der Waals surface area contributed by atoms with Gasteiger partial charge in [0.15, 0.2) is 0 Å². The van der Waals surface area contributed by atoms with E-state index >= 15 is 0 Å². The van der Waals surface area contributed by atoms with Gasteiger partial charge in [0, 0.05) is 13.2 Å². The summed E-state index contributed by atoms with van der Waals surface area (Å²) in [6, 6.07) is 3.80. The molecule has 104 valence electrons. The Kier molecular flexibility index (Phi) is 4.74. The maximum atomic E-state index is 13.4. The molecule has 1 amide bonds.